The summed E-state index contributed by atoms with van der Waals surface area (Å²) in [5.74, 6) is -2.59. The van der Waals surface area contributed by atoms with Gasteiger partial charge >= 0.3 is 5.97 Å². The van der Waals surface area contributed by atoms with Gasteiger partial charge < -0.3 is 10.4 Å². The van der Waals surface area contributed by atoms with Gasteiger partial charge in [-0.15, -0.1) is 0 Å². The summed E-state index contributed by atoms with van der Waals surface area (Å²) in [7, 11) is 0. The number of carbonyl (C=O) groups is 1. The molecule has 0 atom stereocenters. The molecule has 2 rings (SSSR count). The van der Waals surface area contributed by atoms with Gasteiger partial charge in [-0.2, -0.15) is 0 Å². The molecule has 0 radical (unpaired) electrons. The van der Waals surface area contributed by atoms with Crippen LogP contribution in [0.1, 0.15) is 15.9 Å². The third-order valence-corrected chi connectivity index (χ3v) is 2.65. The van der Waals surface area contributed by atoms with Crippen LogP contribution in [0.25, 0.3) is 0 Å². The minimum atomic E-state index is -1.37. The van der Waals surface area contributed by atoms with E-state index in [0.29, 0.717) is 5.56 Å². The SMILES string of the molecule is O=C(O)c1c(F)cccc1NCc1ccccc1F. The van der Waals surface area contributed by atoms with Gasteiger partial charge in [-0.25, -0.2) is 13.6 Å². The van der Waals surface area contributed by atoms with Gasteiger partial charge in [0.05, 0.1) is 5.69 Å². The summed E-state index contributed by atoms with van der Waals surface area (Å²) in [6, 6.07) is 10.0. The molecule has 3 nitrogen and oxygen atoms in total. The van der Waals surface area contributed by atoms with E-state index in [1.807, 2.05) is 0 Å². The predicted octanol–water partition coefficient (Wildman–Crippen LogP) is 3.28. The molecule has 19 heavy (non-hydrogen) atoms. The molecule has 0 aliphatic heterocycles. The lowest BCUT2D eigenvalue weighted by Gasteiger charge is -2.10. The van der Waals surface area contributed by atoms with Crippen molar-refractivity contribution in [2.24, 2.45) is 0 Å². The molecule has 0 fully saturated rings. The number of halogens is 2. The normalized spacial score (nSPS) is 10.2. The number of hydrogen-bond acceptors (Lipinski definition) is 2. The number of benzene rings is 2. The third kappa shape index (κ3) is 2.88. The summed E-state index contributed by atoms with van der Waals surface area (Å²) < 4.78 is 26.8. The molecule has 0 unspecified atom stereocenters. The maximum Gasteiger partial charge on any atom is 0.340 e. The van der Waals surface area contributed by atoms with Crippen molar-refractivity contribution in [3.63, 3.8) is 0 Å². The molecule has 0 heterocycles. The topological polar surface area (TPSA) is 49.3 Å². The summed E-state index contributed by atoms with van der Waals surface area (Å²) >= 11 is 0. The number of nitrogens with one attached hydrogen (secondary N) is 1. The van der Waals surface area contributed by atoms with Gasteiger partial charge in [0.1, 0.15) is 17.2 Å². The number of anilines is 1. The molecule has 98 valence electrons. The first-order valence-electron chi connectivity index (χ1n) is 5.58. The fourth-order valence-corrected chi connectivity index (χ4v) is 1.72. The highest BCUT2D eigenvalue weighted by Gasteiger charge is 2.15. The van der Waals surface area contributed by atoms with Crippen molar-refractivity contribution in [1.29, 1.82) is 0 Å². The van der Waals surface area contributed by atoms with Gasteiger partial charge in [-0.3, -0.25) is 0 Å². The van der Waals surface area contributed by atoms with Crippen LogP contribution in [0.4, 0.5) is 14.5 Å². The average molecular weight is 263 g/mol. The second-order valence-electron chi connectivity index (χ2n) is 3.91. The zero-order chi connectivity index (χ0) is 13.8. The number of hydrogen-bond donors (Lipinski definition) is 2. The van der Waals surface area contributed by atoms with E-state index in [1.54, 1.807) is 18.2 Å². The van der Waals surface area contributed by atoms with Crippen LogP contribution in [-0.4, -0.2) is 11.1 Å². The third-order valence-electron chi connectivity index (χ3n) is 2.65. The van der Waals surface area contributed by atoms with Gasteiger partial charge in [0.15, 0.2) is 0 Å². The van der Waals surface area contributed by atoms with Crippen molar-refractivity contribution in [3.05, 3.63) is 65.2 Å². The monoisotopic (exact) mass is 263 g/mol. The van der Waals surface area contributed by atoms with Crippen molar-refractivity contribution in [2.45, 2.75) is 6.54 Å². The highest BCUT2D eigenvalue weighted by atomic mass is 19.1. The van der Waals surface area contributed by atoms with Gasteiger partial charge in [0.2, 0.25) is 0 Å². The maximum atomic E-state index is 13.4. The second-order valence-corrected chi connectivity index (χ2v) is 3.91. The lowest BCUT2D eigenvalue weighted by molar-refractivity contribution is 0.0693. The number of carboxylic acids is 1. The van der Waals surface area contributed by atoms with E-state index >= 15 is 0 Å². The zero-order valence-electron chi connectivity index (χ0n) is 9.86. The van der Waals surface area contributed by atoms with Crippen LogP contribution in [0.15, 0.2) is 42.5 Å². The number of aromatic carboxylic acids is 1. The molecule has 2 N–H and O–H groups in total. The largest absolute Gasteiger partial charge is 0.478 e. The van der Waals surface area contributed by atoms with E-state index in [0.717, 1.165) is 6.07 Å². The molecular weight excluding hydrogens is 252 g/mol. The second kappa shape index (κ2) is 5.48. The minimum Gasteiger partial charge on any atom is -0.478 e. The minimum absolute atomic E-state index is 0.0798. The number of rotatable bonds is 4. The van der Waals surface area contributed by atoms with E-state index < -0.39 is 23.2 Å². The average Bonchev–Trinajstić information content (AvgIpc) is 2.37. The maximum absolute atomic E-state index is 13.4. The van der Waals surface area contributed by atoms with E-state index in [2.05, 4.69) is 5.32 Å². The van der Waals surface area contributed by atoms with E-state index in [9.17, 15) is 13.6 Å². The Balaban J connectivity index is 2.23. The van der Waals surface area contributed by atoms with Crippen LogP contribution in [0.3, 0.4) is 0 Å². The van der Waals surface area contributed by atoms with Crippen LogP contribution in [-0.2, 0) is 6.54 Å². The lowest BCUT2D eigenvalue weighted by atomic mass is 10.1. The van der Waals surface area contributed by atoms with Gasteiger partial charge in [-0.1, -0.05) is 24.3 Å². The first-order chi connectivity index (χ1) is 9.09. The fourth-order valence-electron chi connectivity index (χ4n) is 1.72. The molecule has 5 heteroatoms. The van der Waals surface area contributed by atoms with Crippen molar-refractivity contribution in [1.82, 2.24) is 0 Å². The molecule has 0 saturated heterocycles. The summed E-state index contributed by atoms with van der Waals surface area (Å²) in [6.45, 7) is 0.0798. The Labute approximate surface area is 108 Å². The highest BCUT2D eigenvalue weighted by Crippen LogP contribution is 2.20. The first-order valence-corrected chi connectivity index (χ1v) is 5.58. The molecule has 0 amide bonds. The Hall–Kier alpha value is -2.43. The van der Waals surface area contributed by atoms with E-state index in [-0.39, 0.29) is 12.2 Å². The Kier molecular flexibility index (Phi) is 3.75. The summed E-state index contributed by atoms with van der Waals surface area (Å²) in [5, 5.41) is 11.7. The molecule has 2 aromatic carbocycles. The summed E-state index contributed by atoms with van der Waals surface area (Å²) in [6.07, 6.45) is 0. The molecule has 0 aromatic heterocycles. The Morgan fingerprint density at radius 1 is 1.05 bits per heavy atom. The van der Waals surface area contributed by atoms with Gasteiger partial charge in [0.25, 0.3) is 0 Å². The van der Waals surface area contributed by atoms with E-state index in [1.165, 1.54) is 18.2 Å². The Bertz CT molecular complexity index is 614. The first kappa shape index (κ1) is 13.0. The van der Waals surface area contributed by atoms with Gasteiger partial charge in [0, 0.05) is 12.1 Å². The smallest absolute Gasteiger partial charge is 0.340 e. The molecule has 0 aliphatic rings. The van der Waals surface area contributed by atoms with E-state index in [4.69, 9.17) is 5.11 Å². The van der Waals surface area contributed by atoms with Crippen LogP contribution in [0, 0.1) is 11.6 Å². The van der Waals surface area contributed by atoms with Gasteiger partial charge in [-0.05, 0) is 18.2 Å². The number of carboxylic acid groups (broad SMARTS) is 1. The van der Waals surface area contributed by atoms with Crippen LogP contribution in [0.2, 0.25) is 0 Å². The van der Waals surface area contributed by atoms with Crippen LogP contribution in [0.5, 0.6) is 0 Å². The molecule has 0 spiro atoms. The molecule has 2 aromatic rings. The Morgan fingerprint density at radius 3 is 2.42 bits per heavy atom. The lowest BCUT2D eigenvalue weighted by Crippen LogP contribution is -2.09. The molecule has 0 bridgehead atoms. The van der Waals surface area contributed by atoms with Crippen LogP contribution >= 0.6 is 0 Å². The van der Waals surface area contributed by atoms with Crippen molar-refractivity contribution in [3.8, 4) is 0 Å². The quantitative estimate of drug-likeness (QED) is 0.890. The molecular formula is C14H11F2NO2. The fraction of sp³-hybridized carbons (Fsp3) is 0.0714. The van der Waals surface area contributed by atoms with Crippen molar-refractivity contribution in [2.75, 3.05) is 5.32 Å². The predicted molar refractivity (Wildman–Crippen MR) is 67.1 cm³/mol. The van der Waals surface area contributed by atoms with Crippen LogP contribution < -0.4 is 5.32 Å². The Morgan fingerprint density at radius 2 is 1.74 bits per heavy atom. The zero-order valence-corrected chi connectivity index (χ0v) is 9.86. The van der Waals surface area contributed by atoms with Crippen molar-refractivity contribution >= 4 is 11.7 Å². The highest BCUT2D eigenvalue weighted by molar-refractivity contribution is 5.94. The standard InChI is InChI=1S/C14H11F2NO2/c15-10-5-2-1-4-9(10)8-17-12-7-3-6-11(16)13(12)14(18)19/h1-7,17H,8H2,(H,18,19). The molecule has 0 saturated carbocycles. The summed E-state index contributed by atoms with van der Waals surface area (Å²) in [5.41, 5.74) is 0.0534. The van der Waals surface area contributed by atoms with Crippen molar-refractivity contribution < 1.29 is 18.7 Å². The molecule has 0 aliphatic carbocycles. The summed E-state index contributed by atoms with van der Waals surface area (Å²) in [4.78, 5) is 11.0.